The number of nitrogen functional groups attached to an aromatic ring is 1. The van der Waals surface area contributed by atoms with E-state index in [1.807, 2.05) is 0 Å². The molecule has 0 aliphatic carbocycles. The van der Waals surface area contributed by atoms with Gasteiger partial charge >= 0.3 is 0 Å². The number of hydrogen-bond donors (Lipinski definition) is 2. The van der Waals surface area contributed by atoms with Gasteiger partial charge in [0.25, 0.3) is 11.7 Å². The first-order valence-electron chi connectivity index (χ1n) is 3.16. The quantitative estimate of drug-likeness (QED) is 0.528. The van der Waals surface area contributed by atoms with Crippen LogP contribution in [0.25, 0.3) is 0 Å². The molecule has 0 saturated heterocycles. The van der Waals surface area contributed by atoms with E-state index in [4.69, 9.17) is 11.5 Å². The molecule has 0 atom stereocenters. The van der Waals surface area contributed by atoms with E-state index >= 15 is 0 Å². The number of carbonyl (C=O) groups is 1. The lowest BCUT2D eigenvalue weighted by Gasteiger charge is -1.96. The Morgan fingerprint density at radius 2 is 2.08 bits per heavy atom. The number of hydrogen-bond acceptors (Lipinski definition) is 3. The van der Waals surface area contributed by atoms with Crippen molar-refractivity contribution in [1.82, 2.24) is 0 Å². The molecule has 5 nitrogen and oxygen atoms in total. The third kappa shape index (κ3) is 1.93. The predicted octanol–water partition coefficient (Wildman–Crippen LogP) is -0.985. The molecule has 0 spiro atoms. The molecule has 1 heterocycles. The lowest BCUT2D eigenvalue weighted by atomic mass is 10.2. The summed E-state index contributed by atoms with van der Waals surface area (Å²) < 4.78 is 1.64. The summed E-state index contributed by atoms with van der Waals surface area (Å²) in [6, 6.07) is 3.23. The molecular weight excluding hydrogens is 158 g/mol. The van der Waals surface area contributed by atoms with Crippen molar-refractivity contribution in [3.63, 3.8) is 0 Å². The van der Waals surface area contributed by atoms with E-state index in [0.29, 0.717) is 11.4 Å². The highest BCUT2D eigenvalue weighted by Gasteiger charge is 2.04. The van der Waals surface area contributed by atoms with E-state index in [1.54, 1.807) is 29.9 Å². The minimum absolute atomic E-state index is 0. The maximum atomic E-state index is 10.6. The van der Waals surface area contributed by atoms with Crippen molar-refractivity contribution in [3.05, 3.63) is 23.9 Å². The van der Waals surface area contributed by atoms with Crippen LogP contribution in [0.5, 0.6) is 0 Å². The van der Waals surface area contributed by atoms with Crippen LogP contribution in [0, 0.1) is 0 Å². The molecule has 5 heteroatoms. The van der Waals surface area contributed by atoms with Gasteiger partial charge in [0.1, 0.15) is 6.20 Å². The van der Waals surface area contributed by atoms with Gasteiger partial charge in [-0.15, -0.1) is 0 Å². The molecule has 12 heavy (non-hydrogen) atoms. The molecule has 0 saturated carbocycles. The number of carbonyl (C=O) groups excluding carboxylic acids is 1. The van der Waals surface area contributed by atoms with E-state index in [-0.39, 0.29) is 5.48 Å². The Morgan fingerprint density at radius 3 is 2.50 bits per heavy atom. The van der Waals surface area contributed by atoms with E-state index in [0.717, 1.165) is 0 Å². The minimum atomic E-state index is -0.444. The first-order chi connectivity index (χ1) is 5.11. The lowest BCUT2D eigenvalue weighted by molar-refractivity contribution is -0.656. The number of anilines is 1. The lowest BCUT2D eigenvalue weighted by Crippen LogP contribution is -2.33. The molecule has 0 fully saturated rings. The first-order valence-corrected chi connectivity index (χ1v) is 3.16. The summed E-state index contributed by atoms with van der Waals surface area (Å²) in [4.78, 5) is 10.6. The maximum Gasteiger partial charge on any atom is 0.272 e. The van der Waals surface area contributed by atoms with Crippen molar-refractivity contribution >= 4 is 11.7 Å². The third-order valence-corrected chi connectivity index (χ3v) is 1.46. The van der Waals surface area contributed by atoms with Crippen molar-refractivity contribution in [2.45, 2.75) is 0 Å². The van der Waals surface area contributed by atoms with E-state index in [9.17, 15) is 4.79 Å². The Kier molecular flexibility index (Phi) is 3.18. The van der Waals surface area contributed by atoms with Gasteiger partial charge in [0.15, 0.2) is 0 Å². The number of pyridine rings is 1. The van der Waals surface area contributed by atoms with Gasteiger partial charge < -0.3 is 11.2 Å². The number of aromatic nitrogens is 1. The van der Waals surface area contributed by atoms with E-state index < -0.39 is 5.91 Å². The fourth-order valence-corrected chi connectivity index (χ4v) is 0.765. The van der Waals surface area contributed by atoms with Gasteiger partial charge in [0.05, 0.1) is 12.6 Å². The minimum Gasteiger partial charge on any atom is -0.870 e. The molecule has 1 amide bonds. The number of aryl methyl sites for hydroxylation is 1. The molecule has 0 unspecified atom stereocenters. The molecule has 0 bridgehead atoms. The summed E-state index contributed by atoms with van der Waals surface area (Å²) in [5, 5.41) is 0. The summed E-state index contributed by atoms with van der Waals surface area (Å²) in [5.41, 5.74) is 11.0. The van der Waals surface area contributed by atoms with Crippen molar-refractivity contribution in [3.8, 4) is 0 Å². The molecule has 1 aromatic heterocycles. The summed E-state index contributed by atoms with van der Waals surface area (Å²) in [5.74, 6) is 0.149. The standard InChI is InChI=1S/C7H9N3O.H2O/c1-10-4-5(7(9)11)2-3-6(10)8;/h2-4,8H,1H3,(H2,9,11);1H2. The highest BCUT2D eigenvalue weighted by Crippen LogP contribution is 1.96. The number of primary amides is 1. The average molecular weight is 169 g/mol. The van der Waals surface area contributed by atoms with Gasteiger partial charge in [-0.25, -0.2) is 4.57 Å². The van der Waals surface area contributed by atoms with Gasteiger partial charge in [-0.3, -0.25) is 10.5 Å². The third-order valence-electron chi connectivity index (χ3n) is 1.46. The van der Waals surface area contributed by atoms with Gasteiger partial charge in [-0.2, -0.15) is 0 Å². The molecule has 0 aliphatic heterocycles. The van der Waals surface area contributed by atoms with Crippen LogP contribution in [0.2, 0.25) is 0 Å². The van der Waals surface area contributed by atoms with Gasteiger partial charge in [0, 0.05) is 6.07 Å². The Morgan fingerprint density at radius 1 is 1.50 bits per heavy atom. The van der Waals surface area contributed by atoms with Gasteiger partial charge in [0.2, 0.25) is 0 Å². The largest absolute Gasteiger partial charge is 0.870 e. The second kappa shape index (κ2) is 3.68. The highest BCUT2D eigenvalue weighted by atomic mass is 16.1. The zero-order valence-electron chi connectivity index (χ0n) is 6.69. The Hall–Kier alpha value is -1.62. The van der Waals surface area contributed by atoms with Crippen molar-refractivity contribution in [2.75, 3.05) is 5.73 Å². The van der Waals surface area contributed by atoms with E-state index in [2.05, 4.69) is 0 Å². The van der Waals surface area contributed by atoms with Crippen LogP contribution in [-0.4, -0.2) is 11.4 Å². The summed E-state index contributed by atoms with van der Waals surface area (Å²) in [6.45, 7) is 0. The topological polar surface area (TPSA) is 103 Å². The highest BCUT2D eigenvalue weighted by molar-refractivity contribution is 5.92. The molecule has 66 valence electrons. The summed E-state index contributed by atoms with van der Waals surface area (Å²) in [7, 11) is 1.75. The summed E-state index contributed by atoms with van der Waals surface area (Å²) >= 11 is 0. The molecular formula is C7H11N3O2. The average Bonchev–Trinajstić information content (AvgIpc) is 1.94. The van der Waals surface area contributed by atoms with Crippen LogP contribution in [-0.2, 0) is 7.05 Å². The molecule has 0 aliphatic rings. The molecule has 1 aromatic rings. The zero-order chi connectivity index (χ0) is 8.43. The van der Waals surface area contributed by atoms with Crippen molar-refractivity contribution in [1.29, 1.82) is 0 Å². The number of rotatable bonds is 1. The smallest absolute Gasteiger partial charge is 0.272 e. The Labute approximate surface area is 69.9 Å². The van der Waals surface area contributed by atoms with Crippen LogP contribution in [0.3, 0.4) is 0 Å². The van der Waals surface area contributed by atoms with Crippen LogP contribution >= 0.6 is 0 Å². The number of amides is 1. The second-order valence-corrected chi connectivity index (χ2v) is 2.32. The van der Waals surface area contributed by atoms with Gasteiger partial charge in [-0.05, 0) is 6.07 Å². The van der Waals surface area contributed by atoms with Crippen LogP contribution in [0.4, 0.5) is 5.82 Å². The normalized spacial score (nSPS) is 8.75. The zero-order valence-corrected chi connectivity index (χ0v) is 6.69. The SMILES string of the molecule is C[n+]1cc(C(N)=O)ccc1N.[OH-]. The monoisotopic (exact) mass is 169 g/mol. The first kappa shape index (κ1) is 10.4. The predicted molar refractivity (Wildman–Crippen MR) is 42.5 cm³/mol. The molecule has 0 radical (unpaired) electrons. The number of nitrogens with zero attached hydrogens (tertiary/aromatic N) is 1. The van der Waals surface area contributed by atoms with Crippen molar-refractivity contribution < 1.29 is 14.8 Å². The molecule has 0 aromatic carbocycles. The molecule has 1 rings (SSSR count). The Bertz CT molecular complexity index is 299. The van der Waals surface area contributed by atoms with Gasteiger partial charge in [-0.1, -0.05) is 0 Å². The van der Waals surface area contributed by atoms with Crippen LogP contribution in [0.15, 0.2) is 18.3 Å². The second-order valence-electron chi connectivity index (χ2n) is 2.32. The maximum absolute atomic E-state index is 10.6. The van der Waals surface area contributed by atoms with Crippen LogP contribution in [0.1, 0.15) is 10.4 Å². The number of nitrogens with two attached hydrogens (primary N) is 2. The summed E-state index contributed by atoms with van der Waals surface area (Å²) in [6.07, 6.45) is 1.59. The fraction of sp³-hybridized carbons (Fsp3) is 0.143. The molecule has 5 N–H and O–H groups in total. The van der Waals surface area contributed by atoms with Crippen LogP contribution < -0.4 is 16.0 Å². The fourth-order valence-electron chi connectivity index (χ4n) is 0.765. The Balaban J connectivity index is 0.00000121. The van der Waals surface area contributed by atoms with E-state index in [1.165, 1.54) is 0 Å². The van der Waals surface area contributed by atoms with Crippen molar-refractivity contribution in [2.24, 2.45) is 12.8 Å².